The highest BCUT2D eigenvalue weighted by Crippen LogP contribution is 2.46. The van der Waals surface area contributed by atoms with Crippen LogP contribution in [0.4, 0.5) is 5.69 Å². The number of halogens is 1. The molecule has 1 aromatic heterocycles. The Morgan fingerprint density at radius 1 is 1.18 bits per heavy atom. The molecule has 0 radical (unpaired) electrons. The highest BCUT2D eigenvalue weighted by molar-refractivity contribution is 7.91. The van der Waals surface area contributed by atoms with Gasteiger partial charge in [-0.2, -0.15) is 0 Å². The van der Waals surface area contributed by atoms with E-state index in [-0.39, 0.29) is 37.2 Å². The second-order valence-corrected chi connectivity index (χ2v) is 13.5. The number of rotatable bonds is 6. The maximum atomic E-state index is 14.1. The summed E-state index contributed by atoms with van der Waals surface area (Å²) in [5, 5.41) is 6.18. The van der Waals surface area contributed by atoms with E-state index in [1.807, 2.05) is 54.7 Å². The SMILES string of the molecule is CC(C)(N)C(=O)N[C@H](Cc1c[nH]c2ccccc12)C(=O)N1CCC2(CNc3ccccc32)CC1S(C)(=O)=O.Cl. The minimum absolute atomic E-state index is 0. The van der Waals surface area contributed by atoms with E-state index in [1.165, 1.54) is 11.2 Å². The number of carbonyl (C=O) groups is 2. The van der Waals surface area contributed by atoms with Crippen molar-refractivity contribution in [2.75, 3.05) is 24.7 Å². The summed E-state index contributed by atoms with van der Waals surface area (Å²) >= 11 is 0. The van der Waals surface area contributed by atoms with E-state index in [4.69, 9.17) is 5.73 Å². The minimum atomic E-state index is -3.64. The van der Waals surface area contributed by atoms with E-state index in [1.54, 1.807) is 13.8 Å². The van der Waals surface area contributed by atoms with E-state index in [9.17, 15) is 18.0 Å². The van der Waals surface area contributed by atoms with Gasteiger partial charge in [-0.15, -0.1) is 12.4 Å². The fourth-order valence-electron chi connectivity index (χ4n) is 5.79. The first kappa shape index (κ1) is 28.9. The molecule has 5 N–H and O–H groups in total. The monoisotopic (exact) mass is 573 g/mol. The van der Waals surface area contributed by atoms with E-state index >= 15 is 0 Å². The van der Waals surface area contributed by atoms with Crippen LogP contribution in [0, 0.1) is 0 Å². The molecule has 0 bridgehead atoms. The lowest BCUT2D eigenvalue weighted by molar-refractivity contribution is -0.139. The highest BCUT2D eigenvalue weighted by atomic mass is 35.5. The number of hydrogen-bond donors (Lipinski definition) is 4. The Bertz CT molecular complexity index is 1500. The smallest absolute Gasteiger partial charge is 0.246 e. The molecule has 3 heterocycles. The molecule has 2 aromatic carbocycles. The molecule has 39 heavy (non-hydrogen) atoms. The number of amides is 2. The third-order valence-electron chi connectivity index (χ3n) is 7.92. The van der Waals surface area contributed by atoms with Crippen LogP contribution in [0.2, 0.25) is 0 Å². The van der Waals surface area contributed by atoms with Gasteiger partial charge in [0.05, 0.1) is 5.54 Å². The molecule has 210 valence electrons. The van der Waals surface area contributed by atoms with E-state index < -0.39 is 38.6 Å². The molecule has 2 unspecified atom stereocenters. The number of piperidine rings is 1. The van der Waals surface area contributed by atoms with Gasteiger partial charge in [-0.25, -0.2) is 8.42 Å². The van der Waals surface area contributed by atoms with Crippen molar-refractivity contribution in [1.82, 2.24) is 15.2 Å². The number of aromatic amines is 1. The minimum Gasteiger partial charge on any atom is -0.384 e. The molecule has 2 aliphatic heterocycles. The highest BCUT2D eigenvalue weighted by Gasteiger charge is 2.50. The maximum Gasteiger partial charge on any atom is 0.246 e. The Labute approximate surface area is 235 Å². The number of hydrogen-bond acceptors (Lipinski definition) is 6. The molecular weight excluding hydrogens is 538 g/mol. The number of nitrogens with one attached hydrogen (secondary N) is 3. The van der Waals surface area contributed by atoms with Crippen LogP contribution in [0.1, 0.15) is 37.8 Å². The topological polar surface area (TPSA) is 137 Å². The van der Waals surface area contributed by atoms with Crippen LogP contribution >= 0.6 is 12.4 Å². The van der Waals surface area contributed by atoms with Gasteiger partial charge in [-0.05, 0) is 49.9 Å². The lowest BCUT2D eigenvalue weighted by atomic mass is 9.74. The second kappa shape index (κ2) is 10.5. The standard InChI is InChI=1S/C28H35N5O4S.ClH/c1-27(2,29)26(35)32-23(14-18-16-30-21-10-6-4-8-19(18)21)25(34)33-13-12-28(15-24(33)38(3,36)37)17-31-22-11-7-5-9-20(22)28;/h4-11,16,23-24,30-31H,12-15,17,29H2,1-3H3,(H,32,35);1H/t23-,24?,28?;/m1./s1. The Hall–Kier alpha value is -3.08. The number of nitrogens with zero attached hydrogens (tertiary/aromatic N) is 1. The van der Waals surface area contributed by atoms with E-state index in [0.717, 1.165) is 27.7 Å². The number of likely N-dealkylation sites (tertiary alicyclic amines) is 1. The molecule has 0 saturated carbocycles. The van der Waals surface area contributed by atoms with E-state index in [2.05, 4.69) is 15.6 Å². The fraction of sp³-hybridized carbons (Fsp3) is 0.429. The molecule has 3 atom stereocenters. The molecule has 0 aliphatic carbocycles. The number of carbonyl (C=O) groups excluding carboxylic acids is 2. The van der Waals surface area contributed by atoms with Crippen LogP contribution in [0.3, 0.4) is 0 Å². The van der Waals surface area contributed by atoms with Crippen LogP contribution < -0.4 is 16.4 Å². The molecule has 9 nitrogen and oxygen atoms in total. The average Bonchev–Trinajstić information content (AvgIpc) is 3.44. The molecule has 1 fully saturated rings. The second-order valence-electron chi connectivity index (χ2n) is 11.3. The third kappa shape index (κ3) is 5.50. The Morgan fingerprint density at radius 3 is 2.59 bits per heavy atom. The number of anilines is 1. The molecule has 11 heteroatoms. The number of benzene rings is 2. The van der Waals surface area contributed by atoms with Gasteiger partial charge in [0.1, 0.15) is 11.4 Å². The lowest BCUT2D eigenvalue weighted by Crippen LogP contribution is -2.61. The molecule has 1 spiro atoms. The van der Waals surface area contributed by atoms with Crippen molar-refractivity contribution >= 4 is 50.6 Å². The summed E-state index contributed by atoms with van der Waals surface area (Å²) < 4.78 is 26.2. The predicted octanol–water partition coefficient (Wildman–Crippen LogP) is 2.71. The third-order valence-corrected chi connectivity index (χ3v) is 9.33. The first-order valence-corrected chi connectivity index (χ1v) is 14.8. The summed E-state index contributed by atoms with van der Waals surface area (Å²) in [5.41, 5.74) is 8.33. The Morgan fingerprint density at radius 2 is 1.87 bits per heavy atom. The van der Waals surface area contributed by atoms with Gasteiger partial charge >= 0.3 is 0 Å². The summed E-state index contributed by atoms with van der Waals surface area (Å²) in [7, 11) is -3.64. The van der Waals surface area contributed by atoms with Gasteiger partial charge in [0.25, 0.3) is 0 Å². The van der Waals surface area contributed by atoms with Crippen LogP contribution in [0.5, 0.6) is 0 Å². The van der Waals surface area contributed by atoms with Crippen molar-refractivity contribution in [1.29, 1.82) is 0 Å². The Balaban J connectivity index is 0.00000353. The normalized spacial score (nSPS) is 21.6. The number of H-pyrrole nitrogens is 1. The molecule has 2 aliphatic rings. The van der Waals surface area contributed by atoms with Gasteiger partial charge in [0.15, 0.2) is 9.84 Å². The van der Waals surface area contributed by atoms with Crippen molar-refractivity contribution < 1.29 is 18.0 Å². The lowest BCUT2D eigenvalue weighted by Gasteiger charge is -2.45. The molecule has 3 aromatic rings. The zero-order chi connectivity index (χ0) is 27.3. The number of aromatic nitrogens is 1. The number of para-hydroxylation sites is 2. The first-order chi connectivity index (χ1) is 17.9. The van der Waals surface area contributed by atoms with Gasteiger partial charge in [-0.1, -0.05) is 36.4 Å². The van der Waals surface area contributed by atoms with Crippen molar-refractivity contribution in [3.63, 3.8) is 0 Å². The van der Waals surface area contributed by atoms with Gasteiger partial charge in [-0.3, -0.25) is 9.59 Å². The number of fused-ring (bicyclic) bond motifs is 3. The fourth-order valence-corrected chi connectivity index (χ4v) is 7.08. The average molecular weight is 574 g/mol. The number of nitrogens with two attached hydrogens (primary N) is 1. The zero-order valence-electron chi connectivity index (χ0n) is 22.4. The van der Waals surface area contributed by atoms with Gasteiger partial charge in [0, 0.05) is 54.0 Å². The first-order valence-electron chi connectivity index (χ1n) is 12.9. The summed E-state index contributed by atoms with van der Waals surface area (Å²) in [6.07, 6.45) is 4.11. The molecular formula is C28H36ClN5O4S. The van der Waals surface area contributed by atoms with Crippen LogP contribution in [0.15, 0.2) is 54.7 Å². The van der Waals surface area contributed by atoms with Gasteiger partial charge < -0.3 is 26.3 Å². The maximum absolute atomic E-state index is 14.1. The zero-order valence-corrected chi connectivity index (χ0v) is 24.0. The summed E-state index contributed by atoms with van der Waals surface area (Å²) in [5.74, 6) is -0.897. The van der Waals surface area contributed by atoms with Crippen LogP contribution in [-0.4, -0.2) is 66.4 Å². The largest absolute Gasteiger partial charge is 0.384 e. The van der Waals surface area contributed by atoms with Crippen LogP contribution in [-0.2, 0) is 31.3 Å². The Kier molecular flexibility index (Phi) is 7.77. The van der Waals surface area contributed by atoms with Crippen molar-refractivity contribution in [2.24, 2.45) is 5.73 Å². The summed E-state index contributed by atoms with van der Waals surface area (Å²) in [6.45, 7) is 4.03. The molecule has 1 saturated heterocycles. The van der Waals surface area contributed by atoms with Gasteiger partial charge in [0.2, 0.25) is 11.8 Å². The summed E-state index contributed by atoms with van der Waals surface area (Å²) in [6, 6.07) is 14.7. The van der Waals surface area contributed by atoms with Crippen molar-refractivity contribution in [2.45, 2.75) is 55.5 Å². The molecule has 2 amide bonds. The number of sulfone groups is 1. The predicted molar refractivity (Wildman–Crippen MR) is 156 cm³/mol. The molecule has 5 rings (SSSR count). The van der Waals surface area contributed by atoms with Crippen molar-refractivity contribution in [3.05, 3.63) is 65.9 Å². The van der Waals surface area contributed by atoms with Crippen LogP contribution in [0.25, 0.3) is 10.9 Å². The quantitative estimate of drug-likeness (QED) is 0.358. The van der Waals surface area contributed by atoms with E-state index in [0.29, 0.717) is 13.0 Å². The summed E-state index contributed by atoms with van der Waals surface area (Å²) in [4.78, 5) is 31.7. The van der Waals surface area contributed by atoms with Crippen molar-refractivity contribution in [3.8, 4) is 0 Å².